The molecule has 2 rings (SSSR count). The van der Waals surface area contributed by atoms with Gasteiger partial charge in [-0.25, -0.2) is 8.78 Å². The summed E-state index contributed by atoms with van der Waals surface area (Å²) in [5, 5.41) is 0. The van der Waals surface area contributed by atoms with Crippen molar-refractivity contribution < 1.29 is 48.3 Å². The third-order valence-electron chi connectivity index (χ3n) is 3.95. The third kappa shape index (κ3) is 4.08. The number of hydrogen-bond donors (Lipinski definition) is 0. The van der Waals surface area contributed by atoms with E-state index < -0.39 is 56.7 Å². The van der Waals surface area contributed by atoms with Crippen LogP contribution < -0.4 is 0 Å². The Bertz CT molecular complexity index is 909. The summed E-state index contributed by atoms with van der Waals surface area (Å²) in [6, 6.07) is 1.98. The molecule has 160 valence electrons. The van der Waals surface area contributed by atoms with Crippen molar-refractivity contribution in [3.63, 3.8) is 0 Å². The van der Waals surface area contributed by atoms with E-state index >= 15 is 0 Å². The smallest absolute Gasteiger partial charge is 0.218 e. The second kappa shape index (κ2) is 7.13. The minimum atomic E-state index is -6.49. The first-order valence-corrected chi connectivity index (χ1v) is 8.20. The van der Waals surface area contributed by atoms with Crippen molar-refractivity contribution in [3.8, 4) is 11.1 Å². The molecular weight excluding hydrogens is 493 g/mol. The Labute approximate surface area is 164 Å². The molecule has 0 radical (unpaired) electrons. The highest BCUT2D eigenvalue weighted by Gasteiger charge is 2.74. The fraction of sp³-hybridized carbons (Fsp3) is 0.294. The highest BCUT2D eigenvalue weighted by Crippen LogP contribution is 2.56. The van der Waals surface area contributed by atoms with Gasteiger partial charge in [0.15, 0.2) is 0 Å². The summed E-state index contributed by atoms with van der Waals surface area (Å²) < 4.78 is 146. The molecule has 0 saturated heterocycles. The summed E-state index contributed by atoms with van der Waals surface area (Å²) in [5.41, 5.74) is -12.1. The molecule has 0 amide bonds. The maximum atomic E-state index is 14.7. The predicted octanol–water partition coefficient (Wildman–Crippen LogP) is 7.87. The maximum absolute atomic E-state index is 14.7. The zero-order chi connectivity index (χ0) is 22.6. The number of alkyl halides is 10. The van der Waals surface area contributed by atoms with Gasteiger partial charge in [0.25, 0.3) is 0 Å². The van der Waals surface area contributed by atoms with E-state index in [-0.39, 0.29) is 23.8 Å². The van der Waals surface area contributed by atoms with Crippen molar-refractivity contribution in [3.05, 3.63) is 57.3 Å². The van der Waals surface area contributed by atoms with E-state index in [0.717, 1.165) is 13.0 Å². The molecule has 29 heavy (non-hydrogen) atoms. The van der Waals surface area contributed by atoms with Crippen molar-refractivity contribution in [1.29, 1.82) is 0 Å². The van der Waals surface area contributed by atoms with Gasteiger partial charge in [0, 0.05) is 15.6 Å². The molecule has 0 aromatic heterocycles. The van der Waals surface area contributed by atoms with Crippen LogP contribution in [0.2, 0.25) is 0 Å². The molecule has 0 nitrogen and oxygen atoms in total. The van der Waals surface area contributed by atoms with Crippen LogP contribution in [0.3, 0.4) is 0 Å². The molecule has 0 aliphatic heterocycles. The van der Waals surface area contributed by atoms with E-state index in [1.54, 1.807) is 0 Å². The molecule has 0 unspecified atom stereocenters. The Morgan fingerprint density at radius 1 is 0.724 bits per heavy atom. The highest BCUT2D eigenvalue weighted by atomic mass is 79.9. The molecule has 0 spiro atoms. The lowest BCUT2D eigenvalue weighted by Crippen LogP contribution is -2.50. The molecule has 0 bridgehead atoms. The van der Waals surface area contributed by atoms with Crippen molar-refractivity contribution in [2.45, 2.75) is 31.1 Å². The quantitative estimate of drug-likeness (QED) is 0.368. The van der Waals surface area contributed by atoms with Gasteiger partial charge >= 0.3 is 24.2 Å². The van der Waals surface area contributed by atoms with E-state index in [9.17, 15) is 48.3 Å². The first kappa shape index (κ1) is 23.4. The fourth-order valence-electron chi connectivity index (χ4n) is 2.67. The standard InChI is InChI=1S/C17H8BrF11/c1-7-4-10(14(20,16(24,25)26)17(27,28)29)13(11(18)5-7)8-2-3-12(19)9(6-8)15(21,22)23/h2-6H,1H3. The van der Waals surface area contributed by atoms with Crippen LogP contribution in [0.25, 0.3) is 11.1 Å². The van der Waals surface area contributed by atoms with Crippen molar-refractivity contribution in [2.24, 2.45) is 0 Å². The Hall–Kier alpha value is -1.85. The molecule has 0 heterocycles. The molecular formula is C17H8BrF11. The number of hydrogen-bond acceptors (Lipinski definition) is 0. The van der Waals surface area contributed by atoms with Crippen molar-refractivity contribution >= 4 is 15.9 Å². The minimum Gasteiger partial charge on any atom is -0.218 e. The summed E-state index contributed by atoms with van der Waals surface area (Å²) in [7, 11) is 0. The minimum absolute atomic E-state index is 0.0153. The second-order valence-corrected chi connectivity index (χ2v) is 6.87. The van der Waals surface area contributed by atoms with E-state index in [2.05, 4.69) is 15.9 Å². The molecule has 12 heteroatoms. The number of rotatable bonds is 2. The van der Waals surface area contributed by atoms with Crippen LogP contribution in [-0.4, -0.2) is 12.4 Å². The lowest BCUT2D eigenvalue weighted by Gasteiger charge is -2.32. The van der Waals surface area contributed by atoms with Gasteiger partial charge in [0.1, 0.15) is 5.82 Å². The predicted molar refractivity (Wildman–Crippen MR) is 84.2 cm³/mol. The number of halogens is 12. The second-order valence-electron chi connectivity index (χ2n) is 6.02. The zero-order valence-electron chi connectivity index (χ0n) is 13.9. The van der Waals surface area contributed by atoms with Gasteiger partial charge in [-0.2, -0.15) is 39.5 Å². The molecule has 2 aromatic rings. The molecule has 0 atom stereocenters. The van der Waals surface area contributed by atoms with E-state index in [4.69, 9.17) is 0 Å². The average molecular weight is 501 g/mol. The Morgan fingerprint density at radius 3 is 1.69 bits per heavy atom. The lowest BCUT2D eigenvalue weighted by molar-refractivity contribution is -0.348. The van der Waals surface area contributed by atoms with Gasteiger partial charge in [-0.15, -0.1) is 0 Å². The Kier molecular flexibility index (Phi) is 5.76. The Balaban J connectivity index is 2.97. The normalized spacial score (nSPS) is 13.7. The van der Waals surface area contributed by atoms with Crippen molar-refractivity contribution in [1.82, 2.24) is 0 Å². The largest absolute Gasteiger partial charge is 0.435 e. The molecule has 0 fully saturated rings. The zero-order valence-corrected chi connectivity index (χ0v) is 15.5. The van der Waals surface area contributed by atoms with Crippen LogP contribution in [0, 0.1) is 12.7 Å². The molecule has 0 aliphatic carbocycles. The summed E-state index contributed by atoms with van der Waals surface area (Å²) >= 11 is 2.68. The van der Waals surface area contributed by atoms with E-state index in [1.165, 1.54) is 0 Å². The summed E-state index contributed by atoms with van der Waals surface area (Å²) in [4.78, 5) is 0. The fourth-order valence-corrected chi connectivity index (χ4v) is 3.48. The van der Waals surface area contributed by atoms with Gasteiger partial charge in [-0.05, 0) is 36.2 Å². The Morgan fingerprint density at radius 2 is 1.24 bits per heavy atom. The average Bonchev–Trinajstić information content (AvgIpc) is 2.51. The monoisotopic (exact) mass is 500 g/mol. The van der Waals surface area contributed by atoms with Crippen LogP contribution in [0.1, 0.15) is 16.7 Å². The van der Waals surface area contributed by atoms with E-state index in [0.29, 0.717) is 6.07 Å². The summed E-state index contributed by atoms with van der Waals surface area (Å²) in [5.74, 6) is -1.80. The first-order valence-electron chi connectivity index (χ1n) is 7.41. The SMILES string of the molecule is Cc1cc(Br)c(-c2ccc(F)c(C(F)(F)F)c2)c(C(F)(C(F)(F)F)C(F)(F)F)c1. The lowest BCUT2D eigenvalue weighted by atomic mass is 9.85. The van der Waals surface area contributed by atoms with Gasteiger partial charge in [-0.3, -0.25) is 0 Å². The topological polar surface area (TPSA) is 0 Å². The van der Waals surface area contributed by atoms with Gasteiger partial charge < -0.3 is 0 Å². The van der Waals surface area contributed by atoms with Crippen LogP contribution >= 0.6 is 15.9 Å². The van der Waals surface area contributed by atoms with Crippen LogP contribution in [0.5, 0.6) is 0 Å². The summed E-state index contributed by atoms with van der Waals surface area (Å²) in [6.07, 6.45) is -18.3. The van der Waals surface area contributed by atoms with Crippen LogP contribution in [-0.2, 0) is 11.8 Å². The third-order valence-corrected chi connectivity index (χ3v) is 4.57. The van der Waals surface area contributed by atoms with E-state index in [1.807, 2.05) is 0 Å². The molecule has 0 saturated carbocycles. The van der Waals surface area contributed by atoms with Crippen LogP contribution in [0.15, 0.2) is 34.8 Å². The van der Waals surface area contributed by atoms with Crippen LogP contribution in [0.4, 0.5) is 48.3 Å². The van der Waals surface area contributed by atoms with Gasteiger partial charge in [0.05, 0.1) is 5.56 Å². The van der Waals surface area contributed by atoms with Gasteiger partial charge in [0.2, 0.25) is 0 Å². The number of aryl methyl sites for hydroxylation is 1. The first-order chi connectivity index (χ1) is 12.9. The van der Waals surface area contributed by atoms with Gasteiger partial charge in [-0.1, -0.05) is 28.1 Å². The highest BCUT2D eigenvalue weighted by molar-refractivity contribution is 9.10. The molecule has 2 aromatic carbocycles. The molecule has 0 aliphatic rings. The molecule has 0 N–H and O–H groups in total. The van der Waals surface area contributed by atoms with Crippen molar-refractivity contribution in [2.75, 3.05) is 0 Å². The number of benzene rings is 2. The summed E-state index contributed by atoms with van der Waals surface area (Å²) in [6.45, 7) is 1.07. The maximum Gasteiger partial charge on any atom is 0.435 e.